The molecule has 30 heavy (non-hydrogen) atoms. The van der Waals surface area contributed by atoms with Gasteiger partial charge in [0.05, 0.1) is 0 Å². The van der Waals surface area contributed by atoms with Crippen molar-refractivity contribution >= 4 is 48.4 Å². The molecule has 0 saturated carbocycles. The fraction of sp³-hybridized carbons (Fsp3) is 0.0417. The fourth-order valence-corrected chi connectivity index (χ4v) is 5.01. The van der Waals surface area contributed by atoms with Crippen LogP contribution in [0.1, 0.15) is 6.92 Å². The average molecular weight is 416 g/mol. The molecule has 0 N–H and O–H groups in total. The standard InChI is InChI=1S/C24H16O5S/c1-15(25)28-21-14-22(30(26,27)29-18-8-3-2-4-9-18)20-13-11-17-7-5-6-16-10-12-19(21)24(20)23(16)17/h2-14H,1H3. The maximum absolute atomic E-state index is 13.2. The molecular weight excluding hydrogens is 400 g/mol. The van der Waals surface area contributed by atoms with Gasteiger partial charge in [0.25, 0.3) is 0 Å². The zero-order valence-corrected chi connectivity index (χ0v) is 16.8. The molecule has 0 aliphatic heterocycles. The number of hydrogen-bond donors (Lipinski definition) is 0. The van der Waals surface area contributed by atoms with Crippen LogP contribution >= 0.6 is 0 Å². The van der Waals surface area contributed by atoms with Crippen LogP contribution in [-0.2, 0) is 14.9 Å². The lowest BCUT2D eigenvalue weighted by atomic mass is 9.94. The molecule has 0 aliphatic carbocycles. The number of esters is 1. The second-order valence-electron chi connectivity index (χ2n) is 7.00. The van der Waals surface area contributed by atoms with Gasteiger partial charge in [-0.2, -0.15) is 8.42 Å². The van der Waals surface area contributed by atoms with Crippen LogP contribution in [0.3, 0.4) is 0 Å². The first kappa shape index (κ1) is 18.4. The Labute approximate surface area is 172 Å². The Balaban J connectivity index is 1.86. The number of carbonyl (C=O) groups excluding carboxylic acids is 1. The monoisotopic (exact) mass is 416 g/mol. The van der Waals surface area contributed by atoms with Gasteiger partial charge in [-0.1, -0.05) is 54.6 Å². The van der Waals surface area contributed by atoms with Crippen molar-refractivity contribution in [2.45, 2.75) is 11.8 Å². The maximum atomic E-state index is 13.2. The van der Waals surface area contributed by atoms with E-state index in [0.717, 1.165) is 21.5 Å². The Hall–Kier alpha value is -3.64. The summed E-state index contributed by atoms with van der Waals surface area (Å²) < 4.78 is 37.2. The van der Waals surface area contributed by atoms with E-state index in [2.05, 4.69) is 0 Å². The van der Waals surface area contributed by atoms with Gasteiger partial charge in [0.1, 0.15) is 16.4 Å². The van der Waals surface area contributed by atoms with E-state index < -0.39 is 16.1 Å². The number of benzene rings is 5. The quantitative estimate of drug-likeness (QED) is 0.173. The van der Waals surface area contributed by atoms with Crippen molar-refractivity contribution in [2.75, 3.05) is 0 Å². The van der Waals surface area contributed by atoms with Crippen LogP contribution < -0.4 is 8.92 Å². The molecule has 5 aromatic carbocycles. The van der Waals surface area contributed by atoms with E-state index in [1.807, 2.05) is 36.4 Å². The van der Waals surface area contributed by atoms with Gasteiger partial charge in [0.15, 0.2) is 0 Å². The minimum atomic E-state index is -4.19. The Kier molecular flexibility index (Phi) is 4.11. The molecule has 0 aromatic heterocycles. The molecule has 0 radical (unpaired) electrons. The lowest BCUT2D eigenvalue weighted by Crippen LogP contribution is -2.12. The second-order valence-corrected chi connectivity index (χ2v) is 8.51. The van der Waals surface area contributed by atoms with Crippen LogP contribution in [0.5, 0.6) is 11.5 Å². The molecule has 5 nitrogen and oxygen atoms in total. The molecule has 0 bridgehead atoms. The zero-order valence-electron chi connectivity index (χ0n) is 16.0. The van der Waals surface area contributed by atoms with E-state index in [4.69, 9.17) is 8.92 Å². The molecule has 0 fully saturated rings. The third kappa shape index (κ3) is 2.93. The molecule has 148 valence electrons. The largest absolute Gasteiger partial charge is 0.426 e. The van der Waals surface area contributed by atoms with E-state index in [1.54, 1.807) is 36.4 Å². The van der Waals surface area contributed by atoms with E-state index in [0.29, 0.717) is 10.8 Å². The summed E-state index contributed by atoms with van der Waals surface area (Å²) in [6.45, 7) is 1.28. The average Bonchev–Trinajstić information content (AvgIpc) is 2.72. The zero-order chi connectivity index (χ0) is 20.9. The molecule has 5 rings (SSSR count). The minimum Gasteiger partial charge on any atom is -0.426 e. The predicted molar refractivity (Wildman–Crippen MR) is 116 cm³/mol. The molecule has 0 atom stereocenters. The highest BCUT2D eigenvalue weighted by Crippen LogP contribution is 2.42. The van der Waals surface area contributed by atoms with Gasteiger partial charge in [-0.3, -0.25) is 4.79 Å². The fourth-order valence-electron chi connectivity index (χ4n) is 3.86. The summed E-state index contributed by atoms with van der Waals surface area (Å²) >= 11 is 0. The van der Waals surface area contributed by atoms with Gasteiger partial charge in [-0.05, 0) is 34.4 Å². The summed E-state index contributed by atoms with van der Waals surface area (Å²) in [7, 11) is -4.19. The van der Waals surface area contributed by atoms with Crippen molar-refractivity contribution in [3.05, 3.63) is 78.9 Å². The Morgan fingerprint density at radius 3 is 2.10 bits per heavy atom. The summed E-state index contributed by atoms with van der Waals surface area (Å²) in [6, 6.07) is 23.0. The summed E-state index contributed by atoms with van der Waals surface area (Å²) in [5.41, 5.74) is 0. The number of ether oxygens (including phenoxy) is 1. The lowest BCUT2D eigenvalue weighted by molar-refractivity contribution is -0.131. The predicted octanol–water partition coefficient (Wildman–Crippen LogP) is 5.28. The van der Waals surface area contributed by atoms with Gasteiger partial charge >= 0.3 is 16.1 Å². The second kappa shape index (κ2) is 6.71. The van der Waals surface area contributed by atoms with Crippen molar-refractivity contribution in [2.24, 2.45) is 0 Å². The Morgan fingerprint density at radius 1 is 0.767 bits per heavy atom. The first-order valence-corrected chi connectivity index (χ1v) is 10.7. The molecule has 0 unspecified atom stereocenters. The van der Waals surface area contributed by atoms with Gasteiger partial charge < -0.3 is 8.92 Å². The van der Waals surface area contributed by atoms with Crippen LogP contribution in [0, 0.1) is 0 Å². The normalized spacial score (nSPS) is 11.9. The number of para-hydroxylation sites is 1. The third-order valence-corrected chi connectivity index (χ3v) is 6.33. The maximum Gasteiger partial charge on any atom is 0.339 e. The molecule has 0 saturated heterocycles. The highest BCUT2D eigenvalue weighted by molar-refractivity contribution is 7.87. The van der Waals surface area contributed by atoms with Gasteiger partial charge in [0, 0.05) is 29.1 Å². The van der Waals surface area contributed by atoms with Crippen molar-refractivity contribution in [1.82, 2.24) is 0 Å². The summed E-state index contributed by atoms with van der Waals surface area (Å²) in [5.74, 6) is -0.141. The number of hydrogen-bond acceptors (Lipinski definition) is 5. The number of rotatable bonds is 4. The van der Waals surface area contributed by atoms with Crippen molar-refractivity contribution < 1.29 is 22.1 Å². The molecule has 5 aromatic rings. The summed E-state index contributed by atoms with van der Waals surface area (Å²) in [6.07, 6.45) is 0. The first-order valence-electron chi connectivity index (χ1n) is 9.32. The summed E-state index contributed by atoms with van der Waals surface area (Å²) in [4.78, 5) is 11.7. The van der Waals surface area contributed by atoms with Gasteiger partial charge in [-0.15, -0.1) is 0 Å². The topological polar surface area (TPSA) is 69.7 Å². The first-order chi connectivity index (χ1) is 14.4. The smallest absolute Gasteiger partial charge is 0.339 e. The van der Waals surface area contributed by atoms with Crippen LogP contribution in [0.4, 0.5) is 0 Å². The van der Waals surface area contributed by atoms with Crippen LogP contribution in [-0.4, -0.2) is 14.4 Å². The van der Waals surface area contributed by atoms with E-state index in [9.17, 15) is 13.2 Å². The van der Waals surface area contributed by atoms with Crippen molar-refractivity contribution in [1.29, 1.82) is 0 Å². The van der Waals surface area contributed by atoms with Crippen LogP contribution in [0.15, 0.2) is 83.8 Å². The van der Waals surface area contributed by atoms with Gasteiger partial charge in [-0.25, -0.2) is 0 Å². The summed E-state index contributed by atoms with van der Waals surface area (Å²) in [5, 5.41) is 4.76. The Morgan fingerprint density at radius 2 is 1.43 bits per heavy atom. The van der Waals surface area contributed by atoms with E-state index >= 15 is 0 Å². The van der Waals surface area contributed by atoms with E-state index in [-0.39, 0.29) is 16.4 Å². The van der Waals surface area contributed by atoms with Crippen molar-refractivity contribution in [3.8, 4) is 11.5 Å². The number of carbonyl (C=O) groups is 1. The Bertz CT molecular complexity index is 1510. The SMILES string of the molecule is CC(=O)Oc1cc(S(=O)(=O)Oc2ccccc2)c2ccc3cccc4ccc1c2c43. The molecule has 0 heterocycles. The molecule has 0 aliphatic rings. The van der Waals surface area contributed by atoms with Crippen LogP contribution in [0.25, 0.3) is 32.3 Å². The highest BCUT2D eigenvalue weighted by Gasteiger charge is 2.25. The third-order valence-electron chi connectivity index (χ3n) is 5.04. The van der Waals surface area contributed by atoms with Gasteiger partial charge in [0.2, 0.25) is 0 Å². The van der Waals surface area contributed by atoms with E-state index in [1.165, 1.54) is 13.0 Å². The molecular formula is C24H16O5S. The molecule has 0 spiro atoms. The lowest BCUT2D eigenvalue weighted by Gasteiger charge is -2.17. The molecule has 0 amide bonds. The highest BCUT2D eigenvalue weighted by atomic mass is 32.2. The van der Waals surface area contributed by atoms with Crippen LogP contribution in [0.2, 0.25) is 0 Å². The minimum absolute atomic E-state index is 0.0478. The molecule has 6 heteroatoms. The van der Waals surface area contributed by atoms with Crippen molar-refractivity contribution in [3.63, 3.8) is 0 Å².